The summed E-state index contributed by atoms with van der Waals surface area (Å²) >= 11 is 0. The Bertz CT molecular complexity index is 943. The van der Waals surface area contributed by atoms with Gasteiger partial charge in [-0.2, -0.15) is 0 Å². The average molecular weight is 362 g/mol. The lowest BCUT2D eigenvalue weighted by atomic mass is 10.1. The molecule has 3 rings (SSSR count). The van der Waals surface area contributed by atoms with Crippen LogP contribution in [0.3, 0.4) is 0 Å². The van der Waals surface area contributed by atoms with Gasteiger partial charge >= 0.3 is 5.69 Å². The lowest BCUT2D eigenvalue weighted by Gasteiger charge is -2.18. The molecule has 0 aliphatic carbocycles. The highest BCUT2D eigenvalue weighted by molar-refractivity contribution is 6.07. The van der Waals surface area contributed by atoms with Gasteiger partial charge in [-0.3, -0.25) is 14.9 Å². The standard InChI is InChI=1S/C21H18N2O4/c1-22(21(24)17-11-6-3-7-12-17)18-13-8-14-19(20(18)23(25)26)27-15-16-9-4-2-5-10-16/h2-14H,15H2,1H3. The smallest absolute Gasteiger partial charge is 0.334 e. The first-order valence-electron chi connectivity index (χ1n) is 8.35. The zero-order valence-electron chi connectivity index (χ0n) is 14.7. The number of anilines is 1. The van der Waals surface area contributed by atoms with E-state index in [1.807, 2.05) is 30.3 Å². The number of nitrogens with zero attached hydrogens (tertiary/aromatic N) is 2. The second-order valence-electron chi connectivity index (χ2n) is 5.89. The van der Waals surface area contributed by atoms with Gasteiger partial charge in [0.2, 0.25) is 0 Å². The van der Waals surface area contributed by atoms with Crippen LogP contribution in [0.2, 0.25) is 0 Å². The summed E-state index contributed by atoms with van der Waals surface area (Å²) in [5.74, 6) is -0.215. The first-order chi connectivity index (χ1) is 13.1. The summed E-state index contributed by atoms with van der Waals surface area (Å²) in [6.45, 7) is 0.196. The number of hydrogen-bond donors (Lipinski definition) is 0. The summed E-state index contributed by atoms with van der Waals surface area (Å²) in [7, 11) is 1.51. The van der Waals surface area contributed by atoms with Crippen LogP contribution in [0.15, 0.2) is 78.9 Å². The molecule has 0 saturated carbocycles. The minimum atomic E-state index is -0.523. The molecular weight excluding hydrogens is 344 g/mol. The molecule has 6 nitrogen and oxygen atoms in total. The molecule has 27 heavy (non-hydrogen) atoms. The molecule has 0 aromatic heterocycles. The molecule has 3 aromatic rings. The van der Waals surface area contributed by atoms with Gasteiger partial charge in [0.1, 0.15) is 12.3 Å². The highest BCUT2D eigenvalue weighted by Gasteiger charge is 2.26. The van der Waals surface area contributed by atoms with Gasteiger partial charge in [0.25, 0.3) is 5.91 Å². The third-order valence-corrected chi connectivity index (χ3v) is 4.08. The molecule has 0 spiro atoms. The van der Waals surface area contributed by atoms with Crippen LogP contribution >= 0.6 is 0 Å². The van der Waals surface area contributed by atoms with Crippen molar-refractivity contribution in [2.45, 2.75) is 6.61 Å². The molecular formula is C21H18N2O4. The molecule has 3 aromatic carbocycles. The summed E-state index contributed by atoms with van der Waals surface area (Å²) in [6.07, 6.45) is 0. The van der Waals surface area contributed by atoms with Gasteiger partial charge in [0.15, 0.2) is 5.75 Å². The van der Waals surface area contributed by atoms with E-state index < -0.39 is 4.92 Å². The van der Waals surface area contributed by atoms with Gasteiger partial charge < -0.3 is 9.64 Å². The Morgan fingerprint density at radius 3 is 2.22 bits per heavy atom. The van der Waals surface area contributed by atoms with Crippen molar-refractivity contribution >= 4 is 17.3 Å². The van der Waals surface area contributed by atoms with E-state index in [1.165, 1.54) is 24.1 Å². The Morgan fingerprint density at radius 2 is 1.59 bits per heavy atom. The monoisotopic (exact) mass is 362 g/mol. The first-order valence-corrected chi connectivity index (χ1v) is 8.35. The summed E-state index contributed by atoms with van der Waals surface area (Å²) in [5.41, 5.74) is 1.29. The number of nitro groups is 1. The fourth-order valence-electron chi connectivity index (χ4n) is 2.70. The quantitative estimate of drug-likeness (QED) is 0.480. The number of ether oxygens (including phenoxy) is 1. The van der Waals surface area contributed by atoms with Gasteiger partial charge in [-0.15, -0.1) is 0 Å². The number of carbonyl (C=O) groups excluding carboxylic acids is 1. The molecule has 0 fully saturated rings. The zero-order valence-corrected chi connectivity index (χ0v) is 14.7. The van der Waals surface area contributed by atoms with Crippen molar-refractivity contribution in [2.75, 3.05) is 11.9 Å². The minimum absolute atomic E-state index is 0.120. The molecule has 0 unspecified atom stereocenters. The number of carbonyl (C=O) groups is 1. The summed E-state index contributed by atoms with van der Waals surface area (Å²) in [4.78, 5) is 25.1. The third kappa shape index (κ3) is 4.12. The van der Waals surface area contributed by atoms with Crippen molar-refractivity contribution in [1.29, 1.82) is 0 Å². The summed E-state index contributed by atoms with van der Waals surface area (Å²) in [6, 6.07) is 22.7. The molecule has 136 valence electrons. The second-order valence-corrected chi connectivity index (χ2v) is 5.89. The van der Waals surface area contributed by atoms with E-state index in [0.29, 0.717) is 5.56 Å². The average Bonchev–Trinajstić information content (AvgIpc) is 2.72. The van der Waals surface area contributed by atoms with Crippen LogP contribution < -0.4 is 9.64 Å². The van der Waals surface area contributed by atoms with Gasteiger partial charge in [-0.1, -0.05) is 54.6 Å². The van der Waals surface area contributed by atoms with Crippen molar-refractivity contribution in [2.24, 2.45) is 0 Å². The van der Waals surface area contributed by atoms with E-state index in [-0.39, 0.29) is 29.6 Å². The molecule has 0 radical (unpaired) electrons. The maximum Gasteiger partial charge on any atom is 0.334 e. The Labute approximate surface area is 156 Å². The molecule has 0 heterocycles. The van der Waals surface area contributed by atoms with Crippen molar-refractivity contribution in [3.8, 4) is 5.75 Å². The molecule has 1 amide bonds. The highest BCUT2D eigenvalue weighted by Crippen LogP contribution is 2.37. The maximum atomic E-state index is 12.7. The topological polar surface area (TPSA) is 72.7 Å². The Kier molecular flexibility index (Phi) is 5.47. The van der Waals surface area contributed by atoms with Crippen LogP contribution in [0.5, 0.6) is 5.75 Å². The molecule has 0 bridgehead atoms. The SMILES string of the molecule is CN(C(=O)c1ccccc1)c1cccc(OCc2ccccc2)c1[N+](=O)[O-]. The van der Waals surface area contributed by atoms with Crippen LogP contribution in [-0.4, -0.2) is 17.9 Å². The first kappa shape index (κ1) is 18.1. The van der Waals surface area contributed by atoms with E-state index in [9.17, 15) is 14.9 Å². The highest BCUT2D eigenvalue weighted by atomic mass is 16.6. The van der Waals surface area contributed by atoms with Gasteiger partial charge in [-0.05, 0) is 29.8 Å². The van der Waals surface area contributed by atoms with E-state index in [2.05, 4.69) is 0 Å². The van der Waals surface area contributed by atoms with Gasteiger partial charge in [0.05, 0.1) is 4.92 Å². The molecule has 6 heteroatoms. The van der Waals surface area contributed by atoms with E-state index >= 15 is 0 Å². The number of amides is 1. The molecule has 0 aliphatic heterocycles. The number of nitro benzene ring substituents is 1. The molecule has 0 saturated heterocycles. The van der Waals surface area contributed by atoms with Crippen molar-refractivity contribution in [3.63, 3.8) is 0 Å². The number of hydrogen-bond acceptors (Lipinski definition) is 4. The maximum absolute atomic E-state index is 12.7. The lowest BCUT2D eigenvalue weighted by Crippen LogP contribution is -2.27. The minimum Gasteiger partial charge on any atom is -0.482 e. The number of benzene rings is 3. The van der Waals surface area contributed by atoms with Crippen LogP contribution in [0.1, 0.15) is 15.9 Å². The van der Waals surface area contributed by atoms with Crippen molar-refractivity contribution in [3.05, 3.63) is 100 Å². The Morgan fingerprint density at radius 1 is 0.963 bits per heavy atom. The van der Waals surface area contributed by atoms with Gasteiger partial charge in [-0.25, -0.2) is 0 Å². The van der Waals surface area contributed by atoms with Crippen molar-refractivity contribution in [1.82, 2.24) is 0 Å². The predicted octanol–water partition coefficient (Wildman–Crippen LogP) is 4.45. The van der Waals surface area contributed by atoms with E-state index in [0.717, 1.165) is 5.56 Å². The fourth-order valence-corrected chi connectivity index (χ4v) is 2.70. The molecule has 0 N–H and O–H groups in total. The molecule has 0 atom stereocenters. The van der Waals surface area contributed by atoms with E-state index in [4.69, 9.17) is 4.74 Å². The predicted molar refractivity (Wildman–Crippen MR) is 103 cm³/mol. The Balaban J connectivity index is 1.91. The fraction of sp³-hybridized carbons (Fsp3) is 0.0952. The number of para-hydroxylation sites is 1. The lowest BCUT2D eigenvalue weighted by molar-refractivity contribution is -0.385. The summed E-state index contributed by atoms with van der Waals surface area (Å²) < 4.78 is 5.68. The zero-order chi connectivity index (χ0) is 19.2. The normalized spacial score (nSPS) is 10.3. The van der Waals surface area contributed by atoms with Crippen LogP contribution in [0.4, 0.5) is 11.4 Å². The third-order valence-electron chi connectivity index (χ3n) is 4.08. The van der Waals surface area contributed by atoms with Crippen molar-refractivity contribution < 1.29 is 14.5 Å². The van der Waals surface area contributed by atoms with E-state index in [1.54, 1.807) is 36.4 Å². The molecule has 0 aliphatic rings. The van der Waals surface area contributed by atoms with Crippen LogP contribution in [-0.2, 0) is 6.61 Å². The van der Waals surface area contributed by atoms with Crippen LogP contribution in [0.25, 0.3) is 0 Å². The summed E-state index contributed by atoms with van der Waals surface area (Å²) in [5, 5.41) is 11.7. The van der Waals surface area contributed by atoms with Gasteiger partial charge in [0, 0.05) is 12.6 Å². The number of rotatable bonds is 6. The van der Waals surface area contributed by atoms with Crippen LogP contribution in [0, 0.1) is 10.1 Å². The second kappa shape index (κ2) is 8.14. The largest absolute Gasteiger partial charge is 0.482 e. The Hall–Kier alpha value is -3.67.